The number of hydrogen-bond acceptors (Lipinski definition) is 2. The summed E-state index contributed by atoms with van der Waals surface area (Å²) in [6.45, 7) is 3.84. The Morgan fingerprint density at radius 3 is 2.32 bits per heavy atom. The van der Waals surface area contributed by atoms with Crippen molar-refractivity contribution in [3.63, 3.8) is 0 Å². The molecule has 1 aromatic carbocycles. The average molecular weight is 275 g/mol. The standard InChI is InChI=1S/C12H16F3N3O/c1-2-16-7-8-17-11(19)18-10-5-3-9(4-6-10)12(13,14)15/h3-6,16H,2,7-8H2,1H3,(H2,17,18,19). The Bertz CT molecular complexity index is 404. The van der Waals surface area contributed by atoms with Crippen LogP contribution in [-0.4, -0.2) is 25.7 Å². The third kappa shape index (κ3) is 5.60. The van der Waals surface area contributed by atoms with Gasteiger partial charge in [0.05, 0.1) is 5.56 Å². The smallest absolute Gasteiger partial charge is 0.337 e. The molecule has 0 aliphatic carbocycles. The van der Waals surface area contributed by atoms with Gasteiger partial charge in [0.25, 0.3) is 0 Å². The molecule has 0 aliphatic rings. The number of carbonyl (C=O) groups excluding carboxylic acids is 1. The normalized spacial score (nSPS) is 11.2. The maximum absolute atomic E-state index is 12.3. The van der Waals surface area contributed by atoms with Gasteiger partial charge in [0.2, 0.25) is 0 Å². The summed E-state index contributed by atoms with van der Waals surface area (Å²) in [6, 6.07) is 3.83. The van der Waals surface area contributed by atoms with Crippen LogP contribution in [0.25, 0.3) is 0 Å². The second-order valence-electron chi connectivity index (χ2n) is 3.81. The van der Waals surface area contributed by atoms with Gasteiger partial charge in [0, 0.05) is 18.8 Å². The molecule has 106 valence electrons. The third-order valence-corrected chi connectivity index (χ3v) is 2.31. The maximum Gasteiger partial charge on any atom is 0.416 e. The van der Waals surface area contributed by atoms with E-state index in [1.165, 1.54) is 12.1 Å². The molecule has 0 radical (unpaired) electrons. The summed E-state index contributed by atoms with van der Waals surface area (Å²) in [6.07, 6.45) is -4.37. The molecule has 0 aliphatic heterocycles. The average Bonchev–Trinajstić information content (AvgIpc) is 2.34. The van der Waals surface area contributed by atoms with Crippen LogP contribution >= 0.6 is 0 Å². The Labute approximate surface area is 109 Å². The van der Waals surface area contributed by atoms with E-state index in [1.807, 2.05) is 6.92 Å². The molecule has 2 amide bonds. The summed E-state index contributed by atoms with van der Waals surface area (Å²) in [7, 11) is 0. The number of benzene rings is 1. The summed E-state index contributed by atoms with van der Waals surface area (Å²) in [5.41, 5.74) is -0.431. The van der Waals surface area contributed by atoms with E-state index in [-0.39, 0.29) is 0 Å². The lowest BCUT2D eigenvalue weighted by atomic mass is 10.2. The molecule has 0 aromatic heterocycles. The third-order valence-electron chi connectivity index (χ3n) is 2.31. The van der Waals surface area contributed by atoms with Crippen molar-refractivity contribution in [2.45, 2.75) is 13.1 Å². The van der Waals surface area contributed by atoms with Gasteiger partial charge in [-0.25, -0.2) is 4.79 Å². The van der Waals surface area contributed by atoms with Gasteiger partial charge >= 0.3 is 12.2 Å². The molecule has 4 nitrogen and oxygen atoms in total. The fourth-order valence-electron chi connectivity index (χ4n) is 1.36. The molecule has 19 heavy (non-hydrogen) atoms. The number of anilines is 1. The Hall–Kier alpha value is -1.76. The van der Waals surface area contributed by atoms with E-state index in [4.69, 9.17) is 0 Å². The number of carbonyl (C=O) groups is 1. The number of halogens is 3. The predicted molar refractivity (Wildman–Crippen MR) is 67.0 cm³/mol. The van der Waals surface area contributed by atoms with Gasteiger partial charge in [0.15, 0.2) is 0 Å². The van der Waals surface area contributed by atoms with E-state index in [1.54, 1.807) is 0 Å². The van der Waals surface area contributed by atoms with Crippen LogP contribution in [0.3, 0.4) is 0 Å². The molecule has 0 saturated carbocycles. The van der Waals surface area contributed by atoms with Crippen LogP contribution in [0.2, 0.25) is 0 Å². The summed E-state index contributed by atoms with van der Waals surface area (Å²) >= 11 is 0. The van der Waals surface area contributed by atoms with Gasteiger partial charge in [0.1, 0.15) is 0 Å². The lowest BCUT2D eigenvalue weighted by Crippen LogP contribution is -2.34. The Morgan fingerprint density at radius 1 is 1.16 bits per heavy atom. The van der Waals surface area contributed by atoms with Crippen LogP contribution < -0.4 is 16.0 Å². The van der Waals surface area contributed by atoms with Crippen molar-refractivity contribution in [2.24, 2.45) is 0 Å². The second kappa shape index (κ2) is 6.98. The first-order valence-corrected chi connectivity index (χ1v) is 5.86. The highest BCUT2D eigenvalue weighted by molar-refractivity contribution is 5.89. The molecular weight excluding hydrogens is 259 g/mol. The van der Waals surface area contributed by atoms with E-state index in [2.05, 4.69) is 16.0 Å². The first-order valence-electron chi connectivity index (χ1n) is 5.86. The van der Waals surface area contributed by atoms with E-state index in [9.17, 15) is 18.0 Å². The molecule has 0 bridgehead atoms. The number of amides is 2. The number of rotatable bonds is 5. The fraction of sp³-hybridized carbons (Fsp3) is 0.417. The van der Waals surface area contributed by atoms with Gasteiger partial charge in [-0.3, -0.25) is 0 Å². The van der Waals surface area contributed by atoms with E-state index < -0.39 is 17.8 Å². The minimum absolute atomic E-state index is 0.314. The van der Waals surface area contributed by atoms with Gasteiger partial charge in [-0.2, -0.15) is 13.2 Å². The monoisotopic (exact) mass is 275 g/mol. The molecule has 0 atom stereocenters. The van der Waals surface area contributed by atoms with Crippen molar-refractivity contribution in [1.29, 1.82) is 0 Å². The molecule has 0 fully saturated rings. The van der Waals surface area contributed by atoms with Gasteiger partial charge in [-0.1, -0.05) is 6.92 Å². The van der Waals surface area contributed by atoms with Crippen LogP contribution in [0.1, 0.15) is 12.5 Å². The van der Waals surface area contributed by atoms with Crippen molar-refractivity contribution < 1.29 is 18.0 Å². The Morgan fingerprint density at radius 2 is 1.79 bits per heavy atom. The first kappa shape index (κ1) is 15.3. The molecule has 7 heteroatoms. The summed E-state index contributed by atoms with van der Waals surface area (Å²) in [4.78, 5) is 11.4. The van der Waals surface area contributed by atoms with Crippen LogP contribution in [0.15, 0.2) is 24.3 Å². The van der Waals surface area contributed by atoms with Crippen LogP contribution in [-0.2, 0) is 6.18 Å². The molecule has 3 N–H and O–H groups in total. The zero-order valence-electron chi connectivity index (χ0n) is 10.5. The highest BCUT2D eigenvalue weighted by Gasteiger charge is 2.29. The molecule has 0 spiro atoms. The van der Waals surface area contributed by atoms with Gasteiger partial charge in [-0.05, 0) is 30.8 Å². The zero-order valence-corrected chi connectivity index (χ0v) is 10.5. The van der Waals surface area contributed by atoms with E-state index in [0.717, 1.165) is 18.7 Å². The lowest BCUT2D eigenvalue weighted by molar-refractivity contribution is -0.137. The predicted octanol–water partition coefficient (Wildman–Crippen LogP) is 2.44. The lowest BCUT2D eigenvalue weighted by Gasteiger charge is -2.09. The molecule has 1 rings (SSSR count). The van der Waals surface area contributed by atoms with Crippen molar-refractivity contribution in [3.05, 3.63) is 29.8 Å². The highest BCUT2D eigenvalue weighted by atomic mass is 19.4. The molecule has 0 heterocycles. The fourth-order valence-corrected chi connectivity index (χ4v) is 1.36. The molecular formula is C12H16F3N3O. The summed E-state index contributed by atoms with van der Waals surface area (Å²) < 4.78 is 36.9. The highest BCUT2D eigenvalue weighted by Crippen LogP contribution is 2.29. The number of hydrogen-bond donors (Lipinski definition) is 3. The number of alkyl halides is 3. The Kier molecular flexibility index (Phi) is 5.62. The number of urea groups is 1. The van der Waals surface area contributed by atoms with Crippen molar-refractivity contribution in [3.8, 4) is 0 Å². The van der Waals surface area contributed by atoms with Crippen LogP contribution in [0.4, 0.5) is 23.7 Å². The van der Waals surface area contributed by atoms with Crippen molar-refractivity contribution >= 4 is 11.7 Å². The van der Waals surface area contributed by atoms with E-state index in [0.29, 0.717) is 18.8 Å². The van der Waals surface area contributed by atoms with Gasteiger partial charge in [-0.15, -0.1) is 0 Å². The molecule has 0 saturated heterocycles. The second-order valence-corrected chi connectivity index (χ2v) is 3.81. The van der Waals surface area contributed by atoms with E-state index >= 15 is 0 Å². The number of nitrogens with one attached hydrogen (secondary N) is 3. The van der Waals surface area contributed by atoms with Gasteiger partial charge < -0.3 is 16.0 Å². The quantitative estimate of drug-likeness (QED) is 0.723. The SMILES string of the molecule is CCNCCNC(=O)Nc1ccc(C(F)(F)F)cc1. The maximum atomic E-state index is 12.3. The number of likely N-dealkylation sites (N-methyl/N-ethyl adjacent to an activating group) is 1. The minimum Gasteiger partial charge on any atom is -0.337 e. The first-order chi connectivity index (χ1) is 8.93. The van der Waals surface area contributed by atoms with Crippen molar-refractivity contribution in [1.82, 2.24) is 10.6 Å². The van der Waals surface area contributed by atoms with Crippen LogP contribution in [0, 0.1) is 0 Å². The Balaban J connectivity index is 2.43. The summed E-state index contributed by atoms with van der Waals surface area (Å²) in [5.74, 6) is 0. The largest absolute Gasteiger partial charge is 0.416 e. The minimum atomic E-state index is -4.37. The topological polar surface area (TPSA) is 53.2 Å². The molecule has 1 aromatic rings. The summed E-state index contributed by atoms with van der Waals surface area (Å²) in [5, 5.41) is 8.05. The zero-order chi connectivity index (χ0) is 14.3. The molecule has 0 unspecified atom stereocenters. The van der Waals surface area contributed by atoms with Crippen LogP contribution in [0.5, 0.6) is 0 Å². The van der Waals surface area contributed by atoms with Crippen molar-refractivity contribution in [2.75, 3.05) is 25.0 Å².